The van der Waals surface area contributed by atoms with Gasteiger partial charge < -0.3 is 19.2 Å². The van der Waals surface area contributed by atoms with E-state index in [1.165, 1.54) is 0 Å². The van der Waals surface area contributed by atoms with Gasteiger partial charge in [-0.2, -0.15) is 0 Å². The third-order valence-corrected chi connectivity index (χ3v) is 2.59. The van der Waals surface area contributed by atoms with Crippen molar-refractivity contribution >= 4 is 0 Å². The number of fused-ring (bicyclic) bond motifs is 1. The monoisotopic (exact) mass is 247 g/mol. The molecule has 1 aromatic heterocycles. The van der Waals surface area contributed by atoms with E-state index in [1.807, 2.05) is 25.2 Å². The number of aromatic nitrogens is 2. The summed E-state index contributed by atoms with van der Waals surface area (Å²) in [5.74, 6) is 2.37. The summed E-state index contributed by atoms with van der Waals surface area (Å²) in [6.07, 6.45) is 0. The lowest BCUT2D eigenvalue weighted by Gasteiger charge is -2.19. The zero-order valence-electron chi connectivity index (χ0n) is 9.97. The van der Waals surface area contributed by atoms with Crippen LogP contribution in [-0.4, -0.2) is 30.5 Å². The maximum Gasteiger partial charge on any atom is 0.251 e. The Morgan fingerprint density at radius 2 is 2.11 bits per heavy atom. The van der Waals surface area contributed by atoms with Crippen molar-refractivity contribution in [2.45, 2.75) is 6.54 Å². The third-order valence-electron chi connectivity index (χ3n) is 2.59. The van der Waals surface area contributed by atoms with Crippen molar-refractivity contribution in [3.8, 4) is 23.0 Å². The van der Waals surface area contributed by atoms with Crippen LogP contribution in [-0.2, 0) is 6.54 Å². The molecular weight excluding hydrogens is 234 g/mol. The van der Waals surface area contributed by atoms with E-state index in [4.69, 9.17) is 13.9 Å². The normalized spacial score (nSPS) is 13.6. The fourth-order valence-corrected chi connectivity index (χ4v) is 1.83. The highest BCUT2D eigenvalue weighted by Crippen LogP contribution is 2.39. The van der Waals surface area contributed by atoms with Crippen molar-refractivity contribution in [3.05, 3.63) is 24.1 Å². The quantitative estimate of drug-likeness (QED) is 0.879. The predicted molar refractivity (Wildman–Crippen MR) is 63.5 cm³/mol. The summed E-state index contributed by atoms with van der Waals surface area (Å²) in [6, 6.07) is 5.62. The average molecular weight is 247 g/mol. The summed E-state index contributed by atoms with van der Waals surface area (Å²) in [5, 5.41) is 10.9. The van der Waals surface area contributed by atoms with Crippen molar-refractivity contribution < 1.29 is 13.9 Å². The largest absolute Gasteiger partial charge is 0.486 e. The fraction of sp³-hybridized carbons (Fsp3) is 0.333. The van der Waals surface area contributed by atoms with Gasteiger partial charge >= 0.3 is 0 Å². The van der Waals surface area contributed by atoms with Crippen LogP contribution >= 0.6 is 0 Å². The summed E-state index contributed by atoms with van der Waals surface area (Å²) in [6.45, 7) is 1.63. The first-order valence-corrected chi connectivity index (χ1v) is 5.74. The standard InChI is InChI=1S/C12H13N3O3/c1-13-7-10-14-15-12(18-10)8-3-2-4-9-11(8)17-6-5-16-9/h2-4,13H,5-7H2,1H3. The minimum absolute atomic E-state index is 0.447. The number of hydrogen-bond acceptors (Lipinski definition) is 6. The highest BCUT2D eigenvalue weighted by atomic mass is 16.6. The first-order chi connectivity index (χ1) is 8.88. The van der Waals surface area contributed by atoms with Crippen molar-refractivity contribution in [2.24, 2.45) is 0 Å². The first-order valence-electron chi connectivity index (χ1n) is 5.74. The summed E-state index contributed by atoms with van der Waals surface area (Å²) < 4.78 is 16.7. The van der Waals surface area contributed by atoms with Crippen LogP contribution in [0.2, 0.25) is 0 Å². The summed E-state index contributed by atoms with van der Waals surface area (Å²) in [4.78, 5) is 0. The van der Waals surface area contributed by atoms with Gasteiger partial charge in [0.1, 0.15) is 13.2 Å². The van der Waals surface area contributed by atoms with Gasteiger partial charge in [0, 0.05) is 0 Å². The third kappa shape index (κ3) is 1.91. The van der Waals surface area contributed by atoms with Crippen molar-refractivity contribution in [2.75, 3.05) is 20.3 Å². The Morgan fingerprint density at radius 3 is 3.00 bits per heavy atom. The summed E-state index contributed by atoms with van der Waals surface area (Å²) in [5.41, 5.74) is 0.766. The zero-order valence-corrected chi connectivity index (χ0v) is 9.97. The Morgan fingerprint density at radius 1 is 1.22 bits per heavy atom. The molecule has 1 N–H and O–H groups in total. The predicted octanol–water partition coefficient (Wildman–Crippen LogP) is 1.23. The molecule has 0 unspecified atom stereocenters. The Balaban J connectivity index is 2.00. The van der Waals surface area contributed by atoms with E-state index in [0.29, 0.717) is 43.0 Å². The lowest BCUT2D eigenvalue weighted by Crippen LogP contribution is -2.15. The van der Waals surface area contributed by atoms with Crippen molar-refractivity contribution in [3.63, 3.8) is 0 Å². The van der Waals surface area contributed by atoms with Gasteiger partial charge in [0.05, 0.1) is 12.1 Å². The number of benzene rings is 1. The molecule has 0 amide bonds. The van der Waals surface area contributed by atoms with E-state index in [9.17, 15) is 0 Å². The maximum absolute atomic E-state index is 5.61. The van der Waals surface area contributed by atoms with Crippen LogP contribution in [0.3, 0.4) is 0 Å². The molecule has 1 aliphatic rings. The van der Waals surface area contributed by atoms with Gasteiger partial charge in [-0.05, 0) is 19.2 Å². The maximum atomic E-state index is 5.61. The number of ether oxygens (including phenoxy) is 2. The molecule has 0 bridgehead atoms. The van der Waals surface area contributed by atoms with Gasteiger partial charge in [0.25, 0.3) is 5.89 Å². The second-order valence-corrected chi connectivity index (χ2v) is 3.86. The van der Waals surface area contributed by atoms with E-state index in [1.54, 1.807) is 0 Å². The summed E-state index contributed by atoms with van der Waals surface area (Å²) in [7, 11) is 1.82. The van der Waals surface area contributed by atoms with Crippen LogP contribution in [0.4, 0.5) is 0 Å². The van der Waals surface area contributed by atoms with E-state index in [2.05, 4.69) is 15.5 Å². The van der Waals surface area contributed by atoms with Gasteiger partial charge in [0.2, 0.25) is 5.89 Å². The van der Waals surface area contributed by atoms with E-state index < -0.39 is 0 Å². The van der Waals surface area contributed by atoms with Gasteiger partial charge in [-0.15, -0.1) is 10.2 Å². The van der Waals surface area contributed by atoms with Gasteiger partial charge in [0.15, 0.2) is 11.5 Å². The molecule has 6 nitrogen and oxygen atoms in total. The van der Waals surface area contributed by atoms with Crippen LogP contribution < -0.4 is 14.8 Å². The molecule has 0 aliphatic carbocycles. The second-order valence-electron chi connectivity index (χ2n) is 3.86. The molecule has 18 heavy (non-hydrogen) atoms. The molecule has 94 valence electrons. The molecule has 0 spiro atoms. The van der Waals surface area contributed by atoms with Crippen LogP contribution in [0.1, 0.15) is 5.89 Å². The Bertz CT molecular complexity index is 553. The molecule has 6 heteroatoms. The van der Waals surface area contributed by atoms with Gasteiger partial charge in [-0.25, -0.2) is 0 Å². The van der Waals surface area contributed by atoms with Crippen molar-refractivity contribution in [1.29, 1.82) is 0 Å². The Hall–Kier alpha value is -2.08. The number of hydrogen-bond donors (Lipinski definition) is 1. The number of rotatable bonds is 3. The minimum atomic E-state index is 0.447. The van der Waals surface area contributed by atoms with E-state index >= 15 is 0 Å². The van der Waals surface area contributed by atoms with Gasteiger partial charge in [-0.1, -0.05) is 6.07 Å². The molecule has 1 aromatic carbocycles. The molecule has 0 fully saturated rings. The smallest absolute Gasteiger partial charge is 0.251 e. The van der Waals surface area contributed by atoms with E-state index in [-0.39, 0.29) is 0 Å². The number of nitrogens with one attached hydrogen (secondary N) is 1. The molecule has 0 atom stereocenters. The van der Waals surface area contributed by atoms with E-state index in [0.717, 1.165) is 5.56 Å². The molecular formula is C12H13N3O3. The second kappa shape index (κ2) is 4.66. The van der Waals surface area contributed by atoms with Crippen LogP contribution in [0.5, 0.6) is 11.5 Å². The molecule has 1 aliphatic heterocycles. The molecule has 0 saturated carbocycles. The zero-order chi connectivity index (χ0) is 12.4. The van der Waals surface area contributed by atoms with Crippen LogP contribution in [0.25, 0.3) is 11.5 Å². The highest BCUT2D eigenvalue weighted by molar-refractivity contribution is 5.67. The fourth-order valence-electron chi connectivity index (χ4n) is 1.83. The minimum Gasteiger partial charge on any atom is -0.486 e. The Labute approximate surface area is 104 Å². The van der Waals surface area contributed by atoms with Crippen molar-refractivity contribution in [1.82, 2.24) is 15.5 Å². The SMILES string of the molecule is CNCc1nnc(-c2cccc3c2OCCO3)o1. The topological polar surface area (TPSA) is 69.4 Å². The van der Waals surface area contributed by atoms with Gasteiger partial charge in [-0.3, -0.25) is 0 Å². The lowest BCUT2D eigenvalue weighted by molar-refractivity contribution is 0.172. The molecule has 2 heterocycles. The van der Waals surface area contributed by atoms with Crippen LogP contribution in [0, 0.1) is 0 Å². The molecule has 3 rings (SSSR count). The highest BCUT2D eigenvalue weighted by Gasteiger charge is 2.20. The number of para-hydroxylation sites is 1. The average Bonchev–Trinajstić information content (AvgIpc) is 2.87. The van der Waals surface area contributed by atoms with Crippen LogP contribution in [0.15, 0.2) is 22.6 Å². The molecule has 0 saturated heterocycles. The Kier molecular flexibility index (Phi) is 2.85. The first kappa shape index (κ1) is 11.0. The molecule has 2 aromatic rings. The summed E-state index contributed by atoms with van der Waals surface area (Å²) >= 11 is 0. The lowest BCUT2D eigenvalue weighted by atomic mass is 10.2. The molecule has 0 radical (unpaired) electrons. The number of nitrogens with zero attached hydrogens (tertiary/aromatic N) is 2.